The van der Waals surface area contributed by atoms with Crippen molar-refractivity contribution in [3.05, 3.63) is 18.0 Å². The molecule has 3 nitrogen and oxygen atoms in total. The molecule has 3 heteroatoms. The van der Waals surface area contributed by atoms with Crippen LogP contribution in [0.25, 0.3) is 0 Å². The average Bonchev–Trinajstić information content (AvgIpc) is 2.65. The van der Waals surface area contributed by atoms with E-state index in [0.29, 0.717) is 12.0 Å². The summed E-state index contributed by atoms with van der Waals surface area (Å²) in [6.07, 6.45) is 7.25. The fraction of sp³-hybridized carbons (Fsp3) is 0.727. The van der Waals surface area contributed by atoms with Gasteiger partial charge in [-0.15, -0.1) is 0 Å². The summed E-state index contributed by atoms with van der Waals surface area (Å²) in [4.78, 5) is 0. The van der Waals surface area contributed by atoms with Gasteiger partial charge in [0.05, 0.1) is 11.7 Å². The van der Waals surface area contributed by atoms with Gasteiger partial charge in [0.2, 0.25) is 0 Å². The lowest BCUT2D eigenvalue weighted by Crippen LogP contribution is -2.29. The van der Waals surface area contributed by atoms with Crippen molar-refractivity contribution in [1.29, 1.82) is 0 Å². The lowest BCUT2D eigenvalue weighted by atomic mass is 9.85. The van der Waals surface area contributed by atoms with E-state index in [1.807, 2.05) is 6.92 Å². The van der Waals surface area contributed by atoms with Crippen molar-refractivity contribution >= 4 is 0 Å². The molecule has 1 aromatic heterocycles. The van der Waals surface area contributed by atoms with Crippen molar-refractivity contribution < 1.29 is 0 Å². The Balaban J connectivity index is 2.14. The molecule has 1 aliphatic carbocycles. The van der Waals surface area contributed by atoms with Crippen LogP contribution in [0.3, 0.4) is 0 Å². The Hall–Kier alpha value is -0.830. The maximum atomic E-state index is 5.80. The van der Waals surface area contributed by atoms with Crippen molar-refractivity contribution in [2.75, 3.05) is 6.54 Å². The Morgan fingerprint density at radius 3 is 2.93 bits per heavy atom. The molecule has 2 unspecified atom stereocenters. The summed E-state index contributed by atoms with van der Waals surface area (Å²) in [5, 5.41) is 4.49. The third kappa shape index (κ3) is 1.82. The van der Waals surface area contributed by atoms with Gasteiger partial charge >= 0.3 is 0 Å². The maximum absolute atomic E-state index is 5.80. The van der Waals surface area contributed by atoms with Gasteiger partial charge in [0.25, 0.3) is 0 Å². The molecule has 1 aliphatic rings. The molecule has 2 atom stereocenters. The monoisotopic (exact) mass is 193 g/mol. The lowest BCUT2D eigenvalue weighted by Gasteiger charge is -2.30. The van der Waals surface area contributed by atoms with Gasteiger partial charge in [-0.2, -0.15) is 5.10 Å². The van der Waals surface area contributed by atoms with Crippen molar-refractivity contribution in [1.82, 2.24) is 9.78 Å². The highest BCUT2D eigenvalue weighted by Crippen LogP contribution is 2.32. The molecule has 0 aromatic carbocycles. The van der Waals surface area contributed by atoms with E-state index in [-0.39, 0.29) is 0 Å². The Morgan fingerprint density at radius 1 is 1.50 bits per heavy atom. The van der Waals surface area contributed by atoms with Gasteiger partial charge < -0.3 is 5.73 Å². The second kappa shape index (κ2) is 4.13. The van der Waals surface area contributed by atoms with Crippen LogP contribution in [-0.4, -0.2) is 16.3 Å². The number of aryl methyl sites for hydroxylation is 1. The minimum Gasteiger partial charge on any atom is -0.330 e. The summed E-state index contributed by atoms with van der Waals surface area (Å²) in [5.41, 5.74) is 6.90. The van der Waals surface area contributed by atoms with E-state index < -0.39 is 0 Å². The van der Waals surface area contributed by atoms with Gasteiger partial charge in [-0.25, -0.2) is 0 Å². The zero-order valence-electron chi connectivity index (χ0n) is 8.82. The fourth-order valence-corrected chi connectivity index (χ4v) is 2.43. The van der Waals surface area contributed by atoms with E-state index in [0.717, 1.165) is 12.2 Å². The first-order valence-corrected chi connectivity index (χ1v) is 5.53. The quantitative estimate of drug-likeness (QED) is 0.779. The summed E-state index contributed by atoms with van der Waals surface area (Å²) in [6, 6.07) is 2.62. The molecule has 0 amide bonds. The van der Waals surface area contributed by atoms with Gasteiger partial charge in [-0.3, -0.25) is 4.68 Å². The Labute approximate surface area is 85.3 Å². The van der Waals surface area contributed by atoms with E-state index in [2.05, 4.69) is 22.0 Å². The van der Waals surface area contributed by atoms with Crippen LogP contribution in [0.4, 0.5) is 0 Å². The zero-order chi connectivity index (χ0) is 9.97. The molecule has 2 rings (SSSR count). The fourth-order valence-electron chi connectivity index (χ4n) is 2.43. The van der Waals surface area contributed by atoms with E-state index in [1.165, 1.54) is 25.7 Å². The normalized spacial score (nSPS) is 27.9. The molecule has 0 radical (unpaired) electrons. The van der Waals surface area contributed by atoms with Crippen LogP contribution in [0.15, 0.2) is 12.3 Å². The average molecular weight is 193 g/mol. The van der Waals surface area contributed by atoms with Gasteiger partial charge in [0, 0.05) is 6.20 Å². The topological polar surface area (TPSA) is 43.8 Å². The third-order valence-corrected chi connectivity index (χ3v) is 3.25. The van der Waals surface area contributed by atoms with E-state index in [4.69, 9.17) is 5.73 Å². The molecule has 1 heterocycles. The number of nitrogens with zero attached hydrogens (tertiary/aromatic N) is 2. The summed E-state index contributed by atoms with van der Waals surface area (Å²) >= 11 is 0. The van der Waals surface area contributed by atoms with E-state index in [9.17, 15) is 0 Å². The molecule has 0 aliphatic heterocycles. The van der Waals surface area contributed by atoms with Gasteiger partial charge in [0.1, 0.15) is 0 Å². The molecule has 1 saturated carbocycles. The summed E-state index contributed by atoms with van der Waals surface area (Å²) in [7, 11) is 0. The molecule has 1 fully saturated rings. The highest BCUT2D eigenvalue weighted by Gasteiger charge is 2.25. The largest absolute Gasteiger partial charge is 0.330 e. The van der Waals surface area contributed by atoms with Crippen LogP contribution in [0.1, 0.15) is 37.4 Å². The molecule has 0 saturated heterocycles. The van der Waals surface area contributed by atoms with Crippen molar-refractivity contribution in [2.24, 2.45) is 11.7 Å². The Kier molecular flexibility index (Phi) is 2.87. The van der Waals surface area contributed by atoms with Crippen molar-refractivity contribution in [2.45, 2.75) is 38.6 Å². The summed E-state index contributed by atoms with van der Waals surface area (Å²) in [6.45, 7) is 2.83. The van der Waals surface area contributed by atoms with E-state index >= 15 is 0 Å². The number of nitrogens with two attached hydrogens (primary N) is 1. The standard InChI is InChI=1S/C11H19N3/c1-9-6-7-14(13-9)11-5-3-2-4-10(11)8-12/h6-7,10-11H,2-5,8,12H2,1H3. The van der Waals surface area contributed by atoms with Crippen molar-refractivity contribution in [3.63, 3.8) is 0 Å². The molecular formula is C11H19N3. The molecule has 0 bridgehead atoms. The molecule has 0 spiro atoms. The number of hydrogen-bond acceptors (Lipinski definition) is 2. The summed E-state index contributed by atoms with van der Waals surface area (Å²) < 4.78 is 2.12. The Bertz CT molecular complexity index is 292. The zero-order valence-corrected chi connectivity index (χ0v) is 8.82. The minimum atomic E-state index is 0.544. The first-order valence-electron chi connectivity index (χ1n) is 5.53. The smallest absolute Gasteiger partial charge is 0.0593 e. The maximum Gasteiger partial charge on any atom is 0.0593 e. The van der Waals surface area contributed by atoms with Gasteiger partial charge in [-0.1, -0.05) is 12.8 Å². The van der Waals surface area contributed by atoms with Crippen LogP contribution in [-0.2, 0) is 0 Å². The predicted molar refractivity (Wildman–Crippen MR) is 57.0 cm³/mol. The van der Waals surface area contributed by atoms with E-state index in [1.54, 1.807) is 0 Å². The first kappa shape index (κ1) is 9.71. The van der Waals surface area contributed by atoms with Gasteiger partial charge in [0.15, 0.2) is 0 Å². The van der Waals surface area contributed by atoms with Crippen molar-refractivity contribution in [3.8, 4) is 0 Å². The predicted octanol–water partition coefficient (Wildman–Crippen LogP) is 1.88. The molecule has 2 N–H and O–H groups in total. The Morgan fingerprint density at radius 2 is 2.29 bits per heavy atom. The first-order chi connectivity index (χ1) is 6.81. The lowest BCUT2D eigenvalue weighted by molar-refractivity contribution is 0.228. The number of aromatic nitrogens is 2. The molecule has 78 valence electrons. The highest BCUT2D eigenvalue weighted by molar-refractivity contribution is 4.97. The third-order valence-electron chi connectivity index (χ3n) is 3.25. The van der Waals surface area contributed by atoms with Crippen LogP contribution >= 0.6 is 0 Å². The van der Waals surface area contributed by atoms with Crippen LogP contribution in [0.5, 0.6) is 0 Å². The van der Waals surface area contributed by atoms with Crippen LogP contribution < -0.4 is 5.73 Å². The number of rotatable bonds is 2. The van der Waals surface area contributed by atoms with Crippen LogP contribution in [0.2, 0.25) is 0 Å². The SMILES string of the molecule is Cc1ccn(C2CCCCC2CN)n1. The second-order valence-corrected chi connectivity index (χ2v) is 4.28. The summed E-state index contributed by atoms with van der Waals surface area (Å²) in [5.74, 6) is 0.628. The number of hydrogen-bond donors (Lipinski definition) is 1. The van der Waals surface area contributed by atoms with Crippen LogP contribution in [0, 0.1) is 12.8 Å². The highest BCUT2D eigenvalue weighted by atomic mass is 15.3. The second-order valence-electron chi connectivity index (χ2n) is 4.28. The minimum absolute atomic E-state index is 0.544. The molecular weight excluding hydrogens is 174 g/mol. The molecule has 1 aromatic rings. The van der Waals surface area contributed by atoms with Gasteiger partial charge in [-0.05, 0) is 38.3 Å². The molecule has 14 heavy (non-hydrogen) atoms.